The van der Waals surface area contributed by atoms with E-state index in [1.807, 2.05) is 55.6 Å². The lowest BCUT2D eigenvalue weighted by atomic mass is 10.2. The molecular formula is C18H20BrNO2. The van der Waals surface area contributed by atoms with Gasteiger partial charge in [0.1, 0.15) is 0 Å². The van der Waals surface area contributed by atoms with Crippen molar-refractivity contribution >= 4 is 27.8 Å². The SMILES string of the molecule is CCCOc1c(Br)cc(C=Nc2ccccc2)cc1OCC. The predicted octanol–water partition coefficient (Wildman–Crippen LogP) is 5.39. The van der Waals surface area contributed by atoms with Gasteiger partial charge in [-0.2, -0.15) is 0 Å². The number of hydrogen-bond acceptors (Lipinski definition) is 3. The zero-order valence-electron chi connectivity index (χ0n) is 12.9. The summed E-state index contributed by atoms with van der Waals surface area (Å²) in [4.78, 5) is 4.47. The zero-order valence-corrected chi connectivity index (χ0v) is 14.5. The molecule has 0 heterocycles. The summed E-state index contributed by atoms with van der Waals surface area (Å²) in [7, 11) is 0. The lowest BCUT2D eigenvalue weighted by Crippen LogP contribution is -2.01. The molecule has 0 atom stereocenters. The van der Waals surface area contributed by atoms with E-state index in [4.69, 9.17) is 9.47 Å². The molecule has 0 bridgehead atoms. The molecule has 0 saturated heterocycles. The molecule has 22 heavy (non-hydrogen) atoms. The van der Waals surface area contributed by atoms with Gasteiger partial charge in [-0.1, -0.05) is 25.1 Å². The fourth-order valence-electron chi connectivity index (χ4n) is 1.93. The number of rotatable bonds is 7. The Balaban J connectivity index is 2.27. The summed E-state index contributed by atoms with van der Waals surface area (Å²) in [5, 5.41) is 0. The Hall–Kier alpha value is -1.81. The van der Waals surface area contributed by atoms with Gasteiger partial charge in [0.05, 0.1) is 23.4 Å². The van der Waals surface area contributed by atoms with Crippen LogP contribution in [-0.2, 0) is 0 Å². The second-order valence-corrected chi connectivity index (χ2v) is 5.56. The molecule has 0 N–H and O–H groups in total. The minimum atomic E-state index is 0.591. The topological polar surface area (TPSA) is 30.8 Å². The molecular weight excluding hydrogens is 342 g/mol. The Morgan fingerprint density at radius 1 is 1.09 bits per heavy atom. The van der Waals surface area contributed by atoms with Crippen molar-refractivity contribution in [2.45, 2.75) is 20.3 Å². The summed E-state index contributed by atoms with van der Waals surface area (Å²) in [5.74, 6) is 1.49. The summed E-state index contributed by atoms with van der Waals surface area (Å²) in [5.41, 5.74) is 1.88. The number of para-hydroxylation sites is 1. The van der Waals surface area contributed by atoms with Crippen LogP contribution < -0.4 is 9.47 Å². The monoisotopic (exact) mass is 361 g/mol. The van der Waals surface area contributed by atoms with Gasteiger partial charge in [-0.05, 0) is 59.1 Å². The number of ether oxygens (including phenoxy) is 2. The Morgan fingerprint density at radius 2 is 1.86 bits per heavy atom. The number of hydrogen-bond donors (Lipinski definition) is 0. The molecule has 116 valence electrons. The van der Waals surface area contributed by atoms with E-state index in [9.17, 15) is 0 Å². The van der Waals surface area contributed by atoms with Crippen molar-refractivity contribution < 1.29 is 9.47 Å². The van der Waals surface area contributed by atoms with E-state index in [2.05, 4.69) is 27.8 Å². The van der Waals surface area contributed by atoms with Gasteiger partial charge in [0, 0.05) is 6.21 Å². The van der Waals surface area contributed by atoms with Crippen LogP contribution >= 0.6 is 15.9 Å². The molecule has 2 aromatic rings. The molecule has 0 saturated carbocycles. The second-order valence-electron chi connectivity index (χ2n) is 4.71. The minimum absolute atomic E-state index is 0.591. The van der Waals surface area contributed by atoms with Crippen LogP contribution in [0.25, 0.3) is 0 Å². The maximum Gasteiger partial charge on any atom is 0.175 e. The van der Waals surface area contributed by atoms with Crippen molar-refractivity contribution in [2.75, 3.05) is 13.2 Å². The van der Waals surface area contributed by atoms with Gasteiger partial charge in [-0.15, -0.1) is 0 Å². The molecule has 2 aromatic carbocycles. The third-order valence-electron chi connectivity index (χ3n) is 2.90. The van der Waals surface area contributed by atoms with Crippen molar-refractivity contribution in [3.05, 3.63) is 52.5 Å². The first-order valence-electron chi connectivity index (χ1n) is 7.42. The van der Waals surface area contributed by atoms with Gasteiger partial charge >= 0.3 is 0 Å². The molecule has 0 aromatic heterocycles. The summed E-state index contributed by atoms with van der Waals surface area (Å²) in [6, 6.07) is 13.8. The van der Waals surface area contributed by atoms with Crippen molar-refractivity contribution in [3.8, 4) is 11.5 Å². The third-order valence-corrected chi connectivity index (χ3v) is 3.49. The third kappa shape index (κ3) is 4.60. The highest BCUT2D eigenvalue weighted by Crippen LogP contribution is 2.36. The minimum Gasteiger partial charge on any atom is -0.490 e. The van der Waals surface area contributed by atoms with Crippen LogP contribution in [0.5, 0.6) is 11.5 Å². The molecule has 4 heteroatoms. The van der Waals surface area contributed by atoms with Crippen molar-refractivity contribution in [1.82, 2.24) is 0 Å². The molecule has 0 aliphatic carbocycles. The Kier molecular flexibility index (Phi) is 6.46. The fourth-order valence-corrected chi connectivity index (χ4v) is 2.51. The van der Waals surface area contributed by atoms with Crippen molar-refractivity contribution in [3.63, 3.8) is 0 Å². The largest absolute Gasteiger partial charge is 0.490 e. The van der Waals surface area contributed by atoms with Crippen molar-refractivity contribution in [1.29, 1.82) is 0 Å². The zero-order chi connectivity index (χ0) is 15.8. The highest BCUT2D eigenvalue weighted by Gasteiger charge is 2.11. The van der Waals surface area contributed by atoms with E-state index in [1.54, 1.807) is 0 Å². The van der Waals surface area contributed by atoms with Gasteiger partial charge in [-0.25, -0.2) is 0 Å². The molecule has 2 rings (SSSR count). The Labute approximate surface area is 140 Å². The molecule has 0 radical (unpaired) electrons. The first-order valence-corrected chi connectivity index (χ1v) is 8.22. The van der Waals surface area contributed by atoms with Crippen LogP contribution in [0.1, 0.15) is 25.8 Å². The van der Waals surface area contributed by atoms with E-state index >= 15 is 0 Å². The van der Waals surface area contributed by atoms with E-state index in [1.165, 1.54) is 0 Å². The maximum absolute atomic E-state index is 5.77. The molecule has 3 nitrogen and oxygen atoms in total. The quantitative estimate of drug-likeness (QED) is 0.619. The van der Waals surface area contributed by atoms with Gasteiger partial charge < -0.3 is 9.47 Å². The Morgan fingerprint density at radius 3 is 2.55 bits per heavy atom. The van der Waals surface area contributed by atoms with Crippen LogP contribution in [0.2, 0.25) is 0 Å². The lowest BCUT2D eigenvalue weighted by Gasteiger charge is -2.14. The van der Waals surface area contributed by atoms with Crippen LogP contribution in [0.3, 0.4) is 0 Å². The Bertz CT molecular complexity index is 626. The number of aliphatic imine (C=N–C) groups is 1. The molecule has 0 aliphatic heterocycles. The average Bonchev–Trinajstić information content (AvgIpc) is 2.53. The van der Waals surface area contributed by atoms with Crippen LogP contribution in [0.4, 0.5) is 5.69 Å². The first-order chi connectivity index (χ1) is 10.7. The normalized spacial score (nSPS) is 10.9. The predicted molar refractivity (Wildman–Crippen MR) is 94.8 cm³/mol. The maximum atomic E-state index is 5.77. The van der Waals surface area contributed by atoms with Gasteiger partial charge in [-0.3, -0.25) is 4.99 Å². The molecule has 0 fully saturated rings. The van der Waals surface area contributed by atoms with Crippen LogP contribution in [0.15, 0.2) is 51.9 Å². The van der Waals surface area contributed by atoms with Crippen LogP contribution in [0, 0.1) is 0 Å². The second kappa shape index (κ2) is 8.59. The van der Waals surface area contributed by atoms with Gasteiger partial charge in [0.25, 0.3) is 0 Å². The number of benzene rings is 2. The average molecular weight is 362 g/mol. The highest BCUT2D eigenvalue weighted by atomic mass is 79.9. The smallest absolute Gasteiger partial charge is 0.175 e. The van der Waals surface area contributed by atoms with E-state index in [0.717, 1.165) is 33.6 Å². The number of nitrogens with zero attached hydrogens (tertiary/aromatic N) is 1. The van der Waals surface area contributed by atoms with Gasteiger partial charge in [0.2, 0.25) is 0 Å². The summed E-state index contributed by atoms with van der Waals surface area (Å²) in [6.07, 6.45) is 2.78. The van der Waals surface area contributed by atoms with E-state index in [-0.39, 0.29) is 0 Å². The summed E-state index contributed by atoms with van der Waals surface area (Å²) < 4.78 is 12.3. The standard InChI is InChI=1S/C18H20BrNO2/c1-3-10-22-18-16(19)11-14(12-17(18)21-4-2)13-20-15-8-6-5-7-9-15/h5-9,11-13H,3-4,10H2,1-2H3. The van der Waals surface area contributed by atoms with Crippen molar-refractivity contribution in [2.24, 2.45) is 4.99 Å². The van der Waals surface area contributed by atoms with Gasteiger partial charge in [0.15, 0.2) is 11.5 Å². The number of halogens is 1. The first kappa shape index (κ1) is 16.6. The molecule has 0 spiro atoms. The molecule has 0 unspecified atom stereocenters. The molecule has 0 aliphatic rings. The van der Waals surface area contributed by atoms with E-state index in [0.29, 0.717) is 13.2 Å². The van der Waals surface area contributed by atoms with E-state index < -0.39 is 0 Å². The molecule has 0 amide bonds. The highest BCUT2D eigenvalue weighted by molar-refractivity contribution is 9.10. The summed E-state index contributed by atoms with van der Waals surface area (Å²) >= 11 is 3.56. The van der Waals surface area contributed by atoms with Crippen LogP contribution in [-0.4, -0.2) is 19.4 Å². The lowest BCUT2D eigenvalue weighted by molar-refractivity contribution is 0.275. The summed E-state index contributed by atoms with van der Waals surface area (Å²) in [6.45, 7) is 5.29. The fraction of sp³-hybridized carbons (Fsp3) is 0.278.